The Morgan fingerprint density at radius 3 is 2.59 bits per heavy atom. The van der Waals surface area contributed by atoms with Crippen molar-refractivity contribution in [2.24, 2.45) is 5.73 Å². The van der Waals surface area contributed by atoms with E-state index in [1.54, 1.807) is 0 Å². The second-order valence-corrected chi connectivity index (χ2v) is 5.45. The van der Waals surface area contributed by atoms with Gasteiger partial charge in [-0.05, 0) is 18.4 Å². The van der Waals surface area contributed by atoms with Gasteiger partial charge in [0.05, 0.1) is 6.04 Å². The molecule has 6 heteroatoms. The minimum Gasteiger partial charge on any atom is -0.436 e. The molecular weight excluding hydrogens is 284 g/mol. The summed E-state index contributed by atoms with van der Waals surface area (Å²) in [5.41, 5.74) is 5.99. The van der Waals surface area contributed by atoms with Gasteiger partial charge in [-0.25, -0.2) is 9.86 Å². The van der Waals surface area contributed by atoms with Crippen LogP contribution in [0.5, 0.6) is 0 Å². The molecule has 0 spiro atoms. The first kappa shape index (κ1) is 14.6. The predicted octanol–water partition coefficient (Wildman–Crippen LogP) is 1.55. The Bertz CT molecular complexity index is 587. The number of primary amides is 1. The molecule has 0 aromatic heterocycles. The largest absolute Gasteiger partial charge is 0.436 e. The molecule has 6 nitrogen and oxygen atoms in total. The Morgan fingerprint density at radius 1 is 1.27 bits per heavy atom. The lowest BCUT2D eigenvalue weighted by atomic mass is 9.97. The van der Waals surface area contributed by atoms with E-state index in [-0.39, 0.29) is 24.5 Å². The van der Waals surface area contributed by atoms with Crippen LogP contribution in [0.2, 0.25) is 0 Å². The number of fused-ring (bicyclic) bond motifs is 2. The number of nitrogens with zero attached hydrogens (tertiary/aromatic N) is 1. The van der Waals surface area contributed by atoms with E-state index in [1.165, 1.54) is 5.06 Å². The molecule has 22 heavy (non-hydrogen) atoms. The molecular formula is C16H18N2O4. The predicted molar refractivity (Wildman–Crippen MR) is 78.5 cm³/mol. The molecule has 1 aliphatic carbocycles. The maximum atomic E-state index is 12.7. The summed E-state index contributed by atoms with van der Waals surface area (Å²) in [6.07, 6.45) is 3.90. The van der Waals surface area contributed by atoms with E-state index in [0.717, 1.165) is 18.4 Å². The number of amides is 2. The highest BCUT2D eigenvalue weighted by atomic mass is 16.7. The molecule has 4 rings (SSSR count). The molecule has 2 aliphatic heterocycles. The Labute approximate surface area is 128 Å². The van der Waals surface area contributed by atoms with Gasteiger partial charge < -0.3 is 10.5 Å². The smallest absolute Gasteiger partial charge is 0.405 e. The van der Waals surface area contributed by atoms with Crippen LogP contribution in [-0.4, -0.2) is 35.3 Å². The van der Waals surface area contributed by atoms with Crippen LogP contribution in [0.15, 0.2) is 42.5 Å². The molecule has 1 saturated heterocycles. The van der Waals surface area contributed by atoms with E-state index >= 15 is 0 Å². The highest BCUT2D eigenvalue weighted by molar-refractivity contribution is 5.83. The van der Waals surface area contributed by atoms with E-state index in [4.69, 9.17) is 15.3 Å². The standard InChI is InChI=1S/C16H18N2O4/c17-16(20)21-14(10-11-4-2-1-3-5-11)15(19)18-12-6-8-13(22-18)9-7-12/h1-6,8,12-14H,7,9-10H2,(H2,17,20). The quantitative estimate of drug-likeness (QED) is 0.856. The van der Waals surface area contributed by atoms with E-state index in [0.29, 0.717) is 0 Å². The fraction of sp³-hybridized carbons (Fsp3) is 0.375. The number of rotatable bonds is 4. The van der Waals surface area contributed by atoms with Crippen LogP contribution in [0.25, 0.3) is 0 Å². The van der Waals surface area contributed by atoms with Crippen molar-refractivity contribution in [3.63, 3.8) is 0 Å². The van der Waals surface area contributed by atoms with Crippen LogP contribution in [0.3, 0.4) is 0 Å². The summed E-state index contributed by atoms with van der Waals surface area (Å²) in [5, 5.41) is 1.32. The molecule has 2 bridgehead atoms. The van der Waals surface area contributed by atoms with Gasteiger partial charge in [0.15, 0.2) is 6.10 Å². The molecule has 2 amide bonds. The van der Waals surface area contributed by atoms with Crippen LogP contribution >= 0.6 is 0 Å². The summed E-state index contributed by atoms with van der Waals surface area (Å²) < 4.78 is 5.02. The number of hydroxylamine groups is 2. The normalized spacial score (nSPS) is 24.1. The zero-order valence-corrected chi connectivity index (χ0v) is 12.1. The lowest BCUT2D eigenvalue weighted by molar-refractivity contribution is -0.236. The molecule has 0 saturated carbocycles. The average molecular weight is 302 g/mol. The Morgan fingerprint density at radius 2 is 2.05 bits per heavy atom. The van der Waals surface area contributed by atoms with E-state index in [9.17, 15) is 9.59 Å². The molecule has 3 aliphatic rings. The number of carbonyl (C=O) groups is 2. The van der Waals surface area contributed by atoms with Crippen molar-refractivity contribution < 1.29 is 19.2 Å². The first-order valence-electron chi connectivity index (χ1n) is 7.31. The van der Waals surface area contributed by atoms with Crippen LogP contribution in [-0.2, 0) is 20.8 Å². The number of hydrogen-bond acceptors (Lipinski definition) is 4. The molecule has 2 N–H and O–H groups in total. The zero-order chi connectivity index (χ0) is 15.5. The van der Waals surface area contributed by atoms with Crippen molar-refractivity contribution in [2.75, 3.05) is 0 Å². The third-order valence-electron chi connectivity index (χ3n) is 3.86. The zero-order valence-electron chi connectivity index (χ0n) is 12.1. The summed E-state index contributed by atoms with van der Waals surface area (Å²) in [6, 6.07) is 9.24. The van der Waals surface area contributed by atoms with Crippen molar-refractivity contribution in [1.82, 2.24) is 5.06 Å². The van der Waals surface area contributed by atoms with Gasteiger partial charge in [-0.3, -0.25) is 9.63 Å². The minimum absolute atomic E-state index is 0.0834. The van der Waals surface area contributed by atoms with Crippen molar-refractivity contribution in [3.05, 3.63) is 48.0 Å². The maximum absolute atomic E-state index is 12.7. The van der Waals surface area contributed by atoms with Crippen molar-refractivity contribution in [3.8, 4) is 0 Å². The van der Waals surface area contributed by atoms with Crippen molar-refractivity contribution in [2.45, 2.75) is 37.5 Å². The molecule has 116 valence electrons. The van der Waals surface area contributed by atoms with Crippen LogP contribution in [0.1, 0.15) is 18.4 Å². The summed E-state index contributed by atoms with van der Waals surface area (Å²) in [4.78, 5) is 29.4. The fourth-order valence-corrected chi connectivity index (χ4v) is 2.79. The monoisotopic (exact) mass is 302 g/mol. The SMILES string of the molecule is NC(=O)OC(Cc1ccccc1)C(=O)N1OC2C=CC1CC2. The summed E-state index contributed by atoms with van der Waals surface area (Å²) in [7, 11) is 0. The number of nitrogens with two attached hydrogens (primary N) is 1. The van der Waals surface area contributed by atoms with Crippen molar-refractivity contribution >= 4 is 12.0 Å². The lowest BCUT2D eigenvalue weighted by Gasteiger charge is -2.41. The van der Waals surface area contributed by atoms with Crippen LogP contribution in [0.4, 0.5) is 4.79 Å². The number of benzene rings is 1. The maximum Gasteiger partial charge on any atom is 0.405 e. The topological polar surface area (TPSA) is 81.9 Å². The second kappa shape index (κ2) is 6.19. The summed E-state index contributed by atoms with van der Waals surface area (Å²) in [6.45, 7) is 0. The van der Waals surface area contributed by atoms with Crippen LogP contribution in [0, 0.1) is 0 Å². The molecule has 0 radical (unpaired) electrons. The average Bonchev–Trinajstić information content (AvgIpc) is 2.55. The van der Waals surface area contributed by atoms with Gasteiger partial charge in [-0.2, -0.15) is 0 Å². The Kier molecular flexibility index (Phi) is 4.11. The van der Waals surface area contributed by atoms with E-state index < -0.39 is 12.2 Å². The van der Waals surface area contributed by atoms with Gasteiger partial charge in [0.2, 0.25) is 0 Å². The molecule has 2 heterocycles. The molecule has 1 aromatic rings. The summed E-state index contributed by atoms with van der Waals surface area (Å²) >= 11 is 0. The number of ether oxygens (including phenoxy) is 1. The lowest BCUT2D eigenvalue weighted by Crippen LogP contribution is -2.53. The number of carbonyl (C=O) groups excluding carboxylic acids is 2. The third-order valence-corrected chi connectivity index (χ3v) is 3.86. The van der Waals surface area contributed by atoms with Gasteiger partial charge in [-0.15, -0.1) is 0 Å². The van der Waals surface area contributed by atoms with E-state index in [2.05, 4.69) is 0 Å². The number of hydrogen-bond donors (Lipinski definition) is 1. The molecule has 1 fully saturated rings. The second-order valence-electron chi connectivity index (χ2n) is 5.45. The van der Waals surface area contributed by atoms with Gasteiger partial charge in [0.25, 0.3) is 5.91 Å². The highest BCUT2D eigenvalue weighted by Gasteiger charge is 2.38. The fourth-order valence-electron chi connectivity index (χ4n) is 2.79. The van der Waals surface area contributed by atoms with Gasteiger partial charge in [-0.1, -0.05) is 42.5 Å². The van der Waals surface area contributed by atoms with E-state index in [1.807, 2.05) is 42.5 Å². The molecule has 3 unspecified atom stereocenters. The van der Waals surface area contributed by atoms with Crippen molar-refractivity contribution in [1.29, 1.82) is 0 Å². The highest BCUT2D eigenvalue weighted by Crippen LogP contribution is 2.28. The first-order valence-corrected chi connectivity index (χ1v) is 7.31. The van der Waals surface area contributed by atoms with Crippen LogP contribution < -0.4 is 5.73 Å². The molecule has 1 aromatic carbocycles. The van der Waals surface area contributed by atoms with Gasteiger partial charge in [0, 0.05) is 6.42 Å². The first-order chi connectivity index (χ1) is 10.6. The minimum atomic E-state index is -0.979. The molecule has 3 atom stereocenters. The Hall–Kier alpha value is -2.34. The third kappa shape index (κ3) is 3.12. The van der Waals surface area contributed by atoms with Gasteiger partial charge >= 0.3 is 6.09 Å². The Balaban J connectivity index is 1.75. The summed E-state index contributed by atoms with van der Waals surface area (Å²) in [5.74, 6) is -0.373. The van der Waals surface area contributed by atoms with Gasteiger partial charge in [0.1, 0.15) is 6.10 Å².